The molecule has 0 spiro atoms. The summed E-state index contributed by atoms with van der Waals surface area (Å²) in [7, 11) is 2.09. The maximum Gasteiger partial charge on any atom is 0.151 e. The molecule has 0 amide bonds. The first kappa shape index (κ1) is 21.3. The number of anilines is 2. The molecule has 5 rings (SSSR count). The number of nitrogens with two attached hydrogens (primary N) is 2. The maximum atomic E-state index is 6.23. The minimum atomic E-state index is 0.244. The first-order valence-corrected chi connectivity index (χ1v) is 11.4. The van der Waals surface area contributed by atoms with Gasteiger partial charge in [-0.15, -0.1) is 0 Å². The van der Waals surface area contributed by atoms with E-state index in [4.69, 9.17) is 21.4 Å². The minimum Gasteiger partial charge on any atom is -0.382 e. The van der Waals surface area contributed by atoms with Gasteiger partial charge in [0.1, 0.15) is 11.0 Å². The summed E-state index contributed by atoms with van der Waals surface area (Å²) in [5.74, 6) is 1.26. The maximum absolute atomic E-state index is 6.23. The summed E-state index contributed by atoms with van der Waals surface area (Å²) in [5.41, 5.74) is 18.3. The molecule has 4 N–H and O–H groups in total. The summed E-state index contributed by atoms with van der Waals surface area (Å²) in [6, 6.07) is 4.56. The van der Waals surface area contributed by atoms with E-state index in [-0.39, 0.29) is 6.04 Å². The van der Waals surface area contributed by atoms with Crippen LogP contribution in [0.4, 0.5) is 11.6 Å². The van der Waals surface area contributed by atoms with Gasteiger partial charge in [-0.1, -0.05) is 6.92 Å². The van der Waals surface area contributed by atoms with Crippen molar-refractivity contribution < 1.29 is 0 Å². The van der Waals surface area contributed by atoms with Crippen molar-refractivity contribution in [3.05, 3.63) is 48.3 Å². The molecule has 33 heavy (non-hydrogen) atoms. The van der Waals surface area contributed by atoms with E-state index in [2.05, 4.69) is 33.9 Å². The number of aromatic nitrogens is 6. The zero-order chi connectivity index (χ0) is 23.1. The highest BCUT2D eigenvalue weighted by molar-refractivity contribution is 5.96. The molecule has 0 bridgehead atoms. The lowest BCUT2D eigenvalue weighted by atomic mass is 10.1. The number of rotatable bonds is 5. The Balaban J connectivity index is 1.61. The van der Waals surface area contributed by atoms with Crippen LogP contribution >= 0.6 is 0 Å². The molecule has 4 heterocycles. The van der Waals surface area contributed by atoms with Crippen LogP contribution in [0.5, 0.6) is 0 Å². The highest BCUT2D eigenvalue weighted by Crippen LogP contribution is 2.33. The summed E-state index contributed by atoms with van der Waals surface area (Å²) >= 11 is 0. The number of nitrogens with zero attached hydrogens (tertiary/aromatic N) is 7. The lowest BCUT2D eigenvalue weighted by Crippen LogP contribution is -2.32. The number of nitrogen functional groups attached to an aromatic ring is 1. The van der Waals surface area contributed by atoms with E-state index in [9.17, 15) is 0 Å². The van der Waals surface area contributed by atoms with Crippen molar-refractivity contribution in [3.8, 4) is 16.8 Å². The van der Waals surface area contributed by atoms with Crippen molar-refractivity contribution in [2.24, 2.45) is 5.73 Å². The molecule has 9 nitrogen and oxygen atoms in total. The van der Waals surface area contributed by atoms with E-state index in [0.29, 0.717) is 17.4 Å². The Hall–Kier alpha value is -3.59. The molecule has 4 aromatic heterocycles. The van der Waals surface area contributed by atoms with Gasteiger partial charge in [0.25, 0.3) is 0 Å². The van der Waals surface area contributed by atoms with Crippen LogP contribution in [0, 0.1) is 6.92 Å². The highest BCUT2D eigenvalue weighted by Gasteiger charge is 2.28. The second-order valence-corrected chi connectivity index (χ2v) is 8.77. The number of pyridine rings is 2. The first-order chi connectivity index (χ1) is 15.9. The van der Waals surface area contributed by atoms with Gasteiger partial charge in [-0.2, -0.15) is 5.10 Å². The van der Waals surface area contributed by atoms with Crippen LogP contribution in [0.1, 0.15) is 37.6 Å². The van der Waals surface area contributed by atoms with Gasteiger partial charge in [0.2, 0.25) is 0 Å². The molecule has 0 radical (unpaired) electrons. The Morgan fingerprint density at radius 2 is 1.94 bits per heavy atom. The molecule has 2 atom stereocenters. The molecule has 0 saturated heterocycles. The summed E-state index contributed by atoms with van der Waals surface area (Å²) < 4.78 is 1.80. The third kappa shape index (κ3) is 3.89. The van der Waals surface area contributed by atoms with Crippen molar-refractivity contribution >= 4 is 22.7 Å². The van der Waals surface area contributed by atoms with E-state index >= 15 is 0 Å². The molecule has 1 aliphatic carbocycles. The molecule has 1 saturated carbocycles. The summed E-state index contributed by atoms with van der Waals surface area (Å²) in [6.07, 6.45) is 11.1. The van der Waals surface area contributed by atoms with E-state index in [1.165, 1.54) is 0 Å². The third-order valence-electron chi connectivity index (χ3n) is 6.49. The van der Waals surface area contributed by atoms with Gasteiger partial charge in [-0.3, -0.25) is 4.98 Å². The van der Waals surface area contributed by atoms with Crippen LogP contribution in [0.25, 0.3) is 27.8 Å². The topological polar surface area (TPSA) is 125 Å². The number of hydrogen-bond donors (Lipinski definition) is 2. The highest BCUT2D eigenvalue weighted by atomic mass is 15.3. The Morgan fingerprint density at radius 1 is 1.09 bits per heavy atom. The monoisotopic (exact) mass is 443 g/mol. The van der Waals surface area contributed by atoms with Crippen LogP contribution in [0.2, 0.25) is 0 Å². The van der Waals surface area contributed by atoms with Crippen molar-refractivity contribution in [2.75, 3.05) is 17.7 Å². The Morgan fingerprint density at radius 3 is 2.64 bits per heavy atom. The first-order valence-electron chi connectivity index (χ1n) is 11.4. The molecule has 0 unspecified atom stereocenters. The second-order valence-electron chi connectivity index (χ2n) is 8.77. The smallest absolute Gasteiger partial charge is 0.151 e. The minimum absolute atomic E-state index is 0.244. The predicted molar refractivity (Wildman–Crippen MR) is 130 cm³/mol. The Bertz CT molecular complexity index is 1300. The van der Waals surface area contributed by atoms with Crippen LogP contribution in [0.15, 0.2) is 36.9 Å². The lowest BCUT2D eigenvalue weighted by molar-refractivity contribution is 0.624. The van der Waals surface area contributed by atoms with Gasteiger partial charge >= 0.3 is 0 Å². The van der Waals surface area contributed by atoms with Crippen LogP contribution in [0.3, 0.4) is 0 Å². The van der Waals surface area contributed by atoms with Gasteiger partial charge in [-0.25, -0.2) is 19.6 Å². The second kappa shape index (κ2) is 8.40. The average Bonchev–Trinajstić information content (AvgIpc) is 3.48. The number of aryl methyl sites for hydroxylation is 2. The van der Waals surface area contributed by atoms with Crippen molar-refractivity contribution in [1.82, 2.24) is 29.7 Å². The summed E-state index contributed by atoms with van der Waals surface area (Å²) in [4.78, 5) is 21.0. The van der Waals surface area contributed by atoms with Crippen LogP contribution in [-0.2, 0) is 6.42 Å². The molecule has 0 aliphatic heterocycles. The third-order valence-corrected chi connectivity index (χ3v) is 6.49. The fraction of sp³-hybridized carbons (Fsp3) is 0.375. The number of hydrogen-bond acceptors (Lipinski definition) is 8. The fourth-order valence-electron chi connectivity index (χ4n) is 4.53. The van der Waals surface area contributed by atoms with Crippen molar-refractivity contribution in [2.45, 2.75) is 51.6 Å². The summed E-state index contributed by atoms with van der Waals surface area (Å²) in [5, 5.41) is 4.53. The standard InChI is InChI=1S/C24H29N9/c1-4-20-24(32(3)17-8-6-16(25)9-17)31-21-19(12-28-23(26)22(21)30-20)15-10-29-33(13-15)18-7-5-14(2)27-11-18/h5,7,10-13,16-17H,4,6,8-9,25H2,1-3H3,(H2,26,28)/t16-,17+/m0/s1. The van der Waals surface area contributed by atoms with E-state index < -0.39 is 0 Å². The Labute approximate surface area is 192 Å². The van der Waals surface area contributed by atoms with Gasteiger partial charge in [0.15, 0.2) is 11.6 Å². The normalized spacial score (nSPS) is 18.2. The van der Waals surface area contributed by atoms with E-state index in [1.807, 2.05) is 25.3 Å². The van der Waals surface area contributed by atoms with Crippen molar-refractivity contribution in [3.63, 3.8) is 0 Å². The van der Waals surface area contributed by atoms with Gasteiger partial charge in [-0.05, 0) is 44.7 Å². The van der Waals surface area contributed by atoms with Gasteiger partial charge in [0, 0.05) is 48.3 Å². The zero-order valence-corrected chi connectivity index (χ0v) is 19.2. The Kier molecular flexibility index (Phi) is 5.41. The molecule has 1 aliphatic rings. The molecule has 4 aromatic rings. The van der Waals surface area contributed by atoms with E-state index in [1.54, 1.807) is 23.3 Å². The molecule has 9 heteroatoms. The summed E-state index contributed by atoms with van der Waals surface area (Å²) in [6.45, 7) is 4.04. The molecule has 0 aromatic carbocycles. The largest absolute Gasteiger partial charge is 0.382 e. The van der Waals surface area contributed by atoms with Crippen molar-refractivity contribution in [1.29, 1.82) is 0 Å². The predicted octanol–water partition coefficient (Wildman–Crippen LogP) is 3.04. The zero-order valence-electron chi connectivity index (χ0n) is 19.2. The fourth-order valence-corrected chi connectivity index (χ4v) is 4.53. The molecular formula is C24H29N9. The SMILES string of the molecule is CCc1nc2c(N)ncc(-c3cnn(-c4ccc(C)nc4)c3)c2nc1N(C)[C@@H]1CC[C@H](N)C1. The van der Waals surface area contributed by atoms with Gasteiger partial charge in [0.05, 0.1) is 23.8 Å². The van der Waals surface area contributed by atoms with Crippen LogP contribution < -0.4 is 16.4 Å². The number of fused-ring (bicyclic) bond motifs is 1. The molecule has 1 fully saturated rings. The lowest BCUT2D eigenvalue weighted by Gasteiger charge is -2.27. The molecular weight excluding hydrogens is 414 g/mol. The average molecular weight is 444 g/mol. The quantitative estimate of drug-likeness (QED) is 0.482. The van der Waals surface area contributed by atoms with E-state index in [0.717, 1.165) is 65.2 Å². The molecule has 170 valence electrons. The van der Waals surface area contributed by atoms with Crippen LogP contribution in [-0.4, -0.2) is 48.8 Å². The van der Waals surface area contributed by atoms with Gasteiger partial charge < -0.3 is 16.4 Å².